The third-order valence-electron chi connectivity index (χ3n) is 4.59. The van der Waals surface area contributed by atoms with Crippen LogP contribution in [0.2, 0.25) is 0 Å². The quantitative estimate of drug-likeness (QED) is 0.146. The molecule has 0 radical (unpaired) electrons. The maximum atomic E-state index is 13.9. The Labute approximate surface area is 233 Å². The molecule has 0 saturated heterocycles. The number of alkyl halides is 30. The van der Waals surface area contributed by atoms with Gasteiger partial charge in [-0.1, -0.05) is 0 Å². The lowest BCUT2D eigenvalue weighted by Gasteiger charge is -2.44. The second-order valence-corrected chi connectivity index (χ2v) is 10.2. The molecule has 3 nitrogen and oxygen atoms in total. The molecule has 0 atom stereocenters. The topological polar surface area (TPSA) is 27.7 Å². The molecule has 0 aromatic carbocycles. The van der Waals surface area contributed by atoms with Crippen LogP contribution in [0.4, 0.5) is 132 Å². The van der Waals surface area contributed by atoms with Crippen LogP contribution in [-0.4, -0.2) is 87.0 Å². The largest absolute Gasteiger partial charge is 0.603 e. The van der Waals surface area contributed by atoms with Crippen molar-refractivity contribution in [2.24, 2.45) is 0 Å². The molecule has 0 N–H and O–H groups in total. The van der Waals surface area contributed by atoms with Gasteiger partial charge in [-0.2, -0.15) is 105 Å². The van der Waals surface area contributed by atoms with E-state index in [1.807, 2.05) is 0 Å². The molecule has 0 heterocycles. The van der Waals surface area contributed by atoms with Gasteiger partial charge >= 0.3 is 87.0 Å². The van der Waals surface area contributed by atoms with Gasteiger partial charge in [0, 0.05) is 0 Å². The van der Waals surface area contributed by atoms with Crippen LogP contribution < -0.4 is 0 Å². The van der Waals surface area contributed by atoms with Gasteiger partial charge in [0.15, 0.2) is 0 Å². The lowest BCUT2D eigenvalue weighted by Crippen LogP contribution is -2.77. The molecule has 34 heteroatoms. The van der Waals surface area contributed by atoms with Crippen LogP contribution in [-0.2, 0) is 13.3 Å². The van der Waals surface area contributed by atoms with Gasteiger partial charge in [-0.3, -0.25) is 8.85 Å². The van der Waals surface area contributed by atoms with E-state index < -0.39 is 87.0 Å². The molecule has 0 aliphatic heterocycles. The van der Waals surface area contributed by atoms with Gasteiger partial charge in [-0.15, -0.1) is 26.3 Å². The highest BCUT2D eigenvalue weighted by Gasteiger charge is 2.98. The van der Waals surface area contributed by atoms with Crippen LogP contribution in [0.25, 0.3) is 0 Å². The Bertz CT molecular complexity index is 1090. The number of halogens is 30. The smallest absolute Gasteiger partial charge is 0.304 e. The van der Waals surface area contributed by atoms with E-state index >= 15 is 0 Å². The Hall–Kier alpha value is -2.00. The second kappa shape index (κ2) is 11.3. The van der Waals surface area contributed by atoms with Gasteiger partial charge in [0.2, 0.25) is 0 Å². The highest BCUT2D eigenvalue weighted by Crippen LogP contribution is 2.66. The summed E-state index contributed by atoms with van der Waals surface area (Å²) in [5.41, 5.74) is -8.63. The van der Waals surface area contributed by atoms with E-state index in [1.165, 1.54) is 8.85 Å². The first-order valence-corrected chi connectivity index (χ1v) is 11.1. The molecule has 47 heavy (non-hydrogen) atoms. The summed E-state index contributed by atoms with van der Waals surface area (Å²) >= 11 is 0. The molecule has 0 amide bonds. The van der Waals surface area contributed by atoms with Crippen molar-refractivity contribution in [1.82, 2.24) is 0 Å². The minimum absolute atomic E-state index is 1.12. The van der Waals surface area contributed by atoms with Crippen molar-refractivity contribution in [2.75, 3.05) is 0 Å². The average molecular weight is 802 g/mol. The summed E-state index contributed by atoms with van der Waals surface area (Å²) in [7, 11) is -10.7. The molecule has 0 rings (SSSR count). The van der Waals surface area contributed by atoms with Crippen molar-refractivity contribution >= 4 is 8.80 Å². The zero-order valence-corrected chi connectivity index (χ0v) is 20.6. The van der Waals surface area contributed by atoms with Gasteiger partial charge < -0.3 is 4.43 Å². The molecule has 0 aliphatic carbocycles. The summed E-state index contributed by atoms with van der Waals surface area (Å²) < 4.78 is 395. The molecule has 0 saturated carbocycles. The zero-order valence-electron chi connectivity index (χ0n) is 19.6. The molecule has 0 aromatic heterocycles. The van der Waals surface area contributed by atoms with Crippen LogP contribution in [0.5, 0.6) is 0 Å². The summed E-state index contributed by atoms with van der Waals surface area (Å²) in [5.74, 6) is -66.5. The predicted octanol–water partition coefficient (Wildman–Crippen LogP) is 9.35. The lowest BCUT2D eigenvalue weighted by molar-refractivity contribution is -0.480. The van der Waals surface area contributed by atoms with Gasteiger partial charge in [-0.25, -0.2) is 0 Å². The Morgan fingerprint density at radius 1 is 0.255 bits per heavy atom. The molecular weight excluding hydrogens is 802 g/mol. The Balaban J connectivity index is 7.72. The van der Waals surface area contributed by atoms with Crippen molar-refractivity contribution in [1.29, 1.82) is 0 Å². The van der Waals surface area contributed by atoms with E-state index in [0.29, 0.717) is 0 Å². The summed E-state index contributed by atoms with van der Waals surface area (Å²) in [5, 5.41) is 0. The average Bonchev–Trinajstić information content (AvgIpc) is 2.73. The fraction of sp³-hybridized carbons (Fsp3) is 1.00. The fourth-order valence-electron chi connectivity index (χ4n) is 2.31. The summed E-state index contributed by atoms with van der Waals surface area (Å²) in [6.07, 6.45) is -41.5. The Morgan fingerprint density at radius 3 is 0.702 bits per heavy atom. The second-order valence-electron chi connectivity index (χ2n) is 7.86. The lowest BCUT2D eigenvalue weighted by atomic mass is 9.88. The standard InChI is InChI=1S/C13F30O3Si/c14-1(15,2(16,17)4(20,21)6(24,25)8(28,29)30)3(18,19)5(22,23)7(26,27)10(34,35)44-47(45-12(38,39)40,46-13(41,42)43)11(36,37)9(31,32)33. The predicted molar refractivity (Wildman–Crippen MR) is 77.8 cm³/mol. The zero-order chi connectivity index (χ0) is 39.1. The van der Waals surface area contributed by atoms with E-state index in [4.69, 9.17) is 0 Å². The summed E-state index contributed by atoms with van der Waals surface area (Å²) in [6.45, 7) is 0. The van der Waals surface area contributed by atoms with Gasteiger partial charge in [-0.05, 0) is 0 Å². The number of hydrogen-bond donors (Lipinski definition) is 0. The van der Waals surface area contributed by atoms with Crippen LogP contribution in [0.1, 0.15) is 0 Å². The third kappa shape index (κ3) is 6.91. The molecule has 0 unspecified atom stereocenters. The molecular formula is C13F30O3Si. The maximum absolute atomic E-state index is 13.9. The van der Waals surface area contributed by atoms with Crippen molar-refractivity contribution < 1.29 is 145 Å². The van der Waals surface area contributed by atoms with Crippen LogP contribution >= 0.6 is 0 Å². The van der Waals surface area contributed by atoms with Crippen molar-refractivity contribution in [3.8, 4) is 0 Å². The normalized spacial score (nSPS) is 17.0. The fourth-order valence-corrected chi connectivity index (χ4v) is 4.24. The van der Waals surface area contributed by atoms with Crippen LogP contribution in [0.3, 0.4) is 0 Å². The number of rotatable bonds is 12. The van der Waals surface area contributed by atoms with E-state index in [-0.39, 0.29) is 0 Å². The molecule has 0 spiro atoms. The van der Waals surface area contributed by atoms with Crippen LogP contribution in [0, 0.1) is 0 Å². The summed E-state index contributed by atoms with van der Waals surface area (Å²) in [6, 6.07) is 0. The molecule has 0 fully saturated rings. The van der Waals surface area contributed by atoms with E-state index in [0.717, 1.165) is 4.43 Å². The first kappa shape index (κ1) is 45.0. The van der Waals surface area contributed by atoms with Gasteiger partial charge in [0.1, 0.15) is 0 Å². The van der Waals surface area contributed by atoms with E-state index in [2.05, 4.69) is 0 Å². The van der Waals surface area contributed by atoms with E-state index in [1.54, 1.807) is 0 Å². The van der Waals surface area contributed by atoms with Gasteiger partial charge in [0.25, 0.3) is 0 Å². The highest BCUT2D eigenvalue weighted by molar-refractivity contribution is 6.64. The van der Waals surface area contributed by atoms with Crippen molar-refractivity contribution in [2.45, 2.75) is 78.2 Å². The monoisotopic (exact) mass is 802 g/mol. The number of hydrogen-bond acceptors (Lipinski definition) is 3. The molecule has 0 aliphatic rings. The molecule has 284 valence electrons. The van der Waals surface area contributed by atoms with Gasteiger partial charge in [0.05, 0.1) is 0 Å². The minimum Gasteiger partial charge on any atom is -0.304 e. The van der Waals surface area contributed by atoms with Crippen molar-refractivity contribution in [3.05, 3.63) is 0 Å². The molecule has 0 aromatic rings. The summed E-state index contributed by atoms with van der Waals surface area (Å²) in [4.78, 5) is 0. The first-order valence-electron chi connectivity index (χ1n) is 9.39. The maximum Gasteiger partial charge on any atom is 0.603 e. The first-order chi connectivity index (χ1) is 19.6. The van der Waals surface area contributed by atoms with Crippen molar-refractivity contribution in [3.63, 3.8) is 0 Å². The molecule has 0 bridgehead atoms. The highest BCUT2D eigenvalue weighted by atomic mass is 28.4. The third-order valence-corrected chi connectivity index (χ3v) is 7.17. The van der Waals surface area contributed by atoms with E-state index in [9.17, 15) is 132 Å². The Morgan fingerprint density at radius 2 is 0.489 bits per heavy atom. The van der Waals surface area contributed by atoms with Crippen LogP contribution in [0.15, 0.2) is 0 Å². The Kier molecular flexibility index (Phi) is 10.8. The minimum atomic E-state index is -10.7. The SMILES string of the molecule is FC(F)(F)O[Si](OC(F)(F)F)(OC(F)(F)C(F)(F)C(F)(F)C(F)(F)C(F)(F)C(F)(F)C(F)(F)C(F)(F)C(F)(F)F)C(F)(F)C(F)(F)F.